The Hall–Kier alpha value is -3.79. The number of carbonyl (C=O) groups is 2. The molecule has 0 saturated carbocycles. The topological polar surface area (TPSA) is 127 Å². The number of fused-ring (bicyclic) bond motifs is 1. The number of hydrogen-bond acceptors (Lipinski definition) is 6. The Balaban J connectivity index is 1.47. The number of non-ortho nitro benzene ring substituents is 1. The van der Waals surface area contributed by atoms with Gasteiger partial charge in [0.05, 0.1) is 17.1 Å². The highest BCUT2D eigenvalue weighted by atomic mass is 79.9. The van der Waals surface area contributed by atoms with E-state index >= 15 is 0 Å². The predicted molar refractivity (Wildman–Crippen MR) is 130 cm³/mol. The van der Waals surface area contributed by atoms with Crippen LogP contribution >= 0.6 is 15.9 Å². The minimum Gasteiger partial charge on any atom is -0.455 e. The molecule has 9 nitrogen and oxygen atoms in total. The molecule has 0 unspecified atom stereocenters. The number of anilines is 1. The first-order valence-corrected chi connectivity index (χ1v) is 11.4. The van der Waals surface area contributed by atoms with Crippen LogP contribution in [0.1, 0.15) is 45.8 Å². The van der Waals surface area contributed by atoms with Crippen molar-refractivity contribution < 1.29 is 18.9 Å². The van der Waals surface area contributed by atoms with Gasteiger partial charge >= 0.3 is 0 Å². The van der Waals surface area contributed by atoms with Crippen LogP contribution in [0.2, 0.25) is 0 Å². The normalized spacial score (nSPS) is 13.9. The Bertz CT molecular complexity index is 1280. The highest BCUT2D eigenvalue weighted by Crippen LogP contribution is 2.30. The fourth-order valence-electron chi connectivity index (χ4n) is 3.81. The maximum Gasteiger partial charge on any atom is 0.291 e. The van der Waals surface area contributed by atoms with Crippen molar-refractivity contribution in [2.45, 2.75) is 32.6 Å². The standard InChI is InChI=1S/C24H21BrN4O5/c1-14-22-19(27-28-21(30)13-15-5-11-18(12-6-15)29(32)33)3-2-4-20(22)34-23(14)24(31)26-17-9-7-16(25)8-10-17/h5-12H,2-4,13H2,1H3,(H,26,31)(H,28,30)/b27-19+. The van der Waals surface area contributed by atoms with E-state index in [1.807, 2.05) is 12.1 Å². The summed E-state index contributed by atoms with van der Waals surface area (Å²) in [4.78, 5) is 35.5. The molecule has 0 radical (unpaired) electrons. The van der Waals surface area contributed by atoms with Crippen molar-refractivity contribution in [3.05, 3.63) is 91.3 Å². The molecule has 1 heterocycles. The van der Waals surface area contributed by atoms with E-state index in [0.717, 1.165) is 16.5 Å². The average Bonchev–Trinajstić information content (AvgIpc) is 3.17. The third-order valence-electron chi connectivity index (χ3n) is 5.46. The number of nitro benzene ring substituents is 1. The zero-order valence-electron chi connectivity index (χ0n) is 18.3. The van der Waals surface area contributed by atoms with Gasteiger partial charge in [-0.1, -0.05) is 28.1 Å². The number of hydrogen-bond donors (Lipinski definition) is 2. The third kappa shape index (κ3) is 5.23. The quantitative estimate of drug-likeness (QED) is 0.349. The van der Waals surface area contributed by atoms with Crippen molar-refractivity contribution in [2.24, 2.45) is 5.10 Å². The number of amides is 2. The molecule has 4 rings (SSSR count). The van der Waals surface area contributed by atoms with Crippen molar-refractivity contribution in [3.8, 4) is 0 Å². The van der Waals surface area contributed by atoms with Crippen LogP contribution in [0.15, 0.2) is 62.5 Å². The minimum atomic E-state index is -0.489. The second kappa shape index (κ2) is 10.0. The summed E-state index contributed by atoms with van der Waals surface area (Å²) < 4.78 is 6.80. The number of nitrogens with zero attached hydrogens (tertiary/aromatic N) is 2. The van der Waals surface area contributed by atoms with Crippen LogP contribution in [0, 0.1) is 17.0 Å². The molecule has 2 amide bonds. The Kier molecular flexibility index (Phi) is 6.87. The predicted octanol–water partition coefficient (Wildman–Crippen LogP) is 4.91. The SMILES string of the molecule is Cc1c(C(=O)Nc2ccc(Br)cc2)oc2c1/C(=N/NC(=O)Cc1ccc([N+](=O)[O-])cc1)CCC2. The Morgan fingerprint density at radius 3 is 2.50 bits per heavy atom. The summed E-state index contributed by atoms with van der Waals surface area (Å²) in [6, 6.07) is 13.0. The monoisotopic (exact) mass is 524 g/mol. The van der Waals surface area contributed by atoms with Crippen LogP contribution in [-0.2, 0) is 17.6 Å². The Morgan fingerprint density at radius 1 is 1.12 bits per heavy atom. The number of rotatable bonds is 6. The smallest absolute Gasteiger partial charge is 0.291 e. The molecule has 0 bridgehead atoms. The number of carbonyl (C=O) groups excluding carboxylic acids is 2. The molecule has 0 fully saturated rings. The molecule has 0 saturated heterocycles. The molecule has 2 N–H and O–H groups in total. The second-order valence-corrected chi connectivity index (χ2v) is 8.78. The number of halogens is 1. The molecule has 0 atom stereocenters. The molecule has 174 valence electrons. The lowest BCUT2D eigenvalue weighted by Gasteiger charge is -2.13. The van der Waals surface area contributed by atoms with Crippen LogP contribution in [0.3, 0.4) is 0 Å². The summed E-state index contributed by atoms with van der Waals surface area (Å²) in [5.74, 6) is 0.200. The summed E-state index contributed by atoms with van der Waals surface area (Å²) >= 11 is 3.37. The lowest BCUT2D eigenvalue weighted by Crippen LogP contribution is -2.23. The number of benzene rings is 2. The first-order chi connectivity index (χ1) is 16.3. The van der Waals surface area contributed by atoms with Crippen molar-refractivity contribution >= 4 is 44.8 Å². The van der Waals surface area contributed by atoms with Gasteiger partial charge in [0.25, 0.3) is 11.6 Å². The van der Waals surface area contributed by atoms with Gasteiger partial charge in [0, 0.05) is 39.8 Å². The van der Waals surface area contributed by atoms with Gasteiger partial charge in [-0.3, -0.25) is 19.7 Å². The molecule has 1 aliphatic rings. The molecule has 0 aliphatic heterocycles. The van der Waals surface area contributed by atoms with Gasteiger partial charge in [-0.2, -0.15) is 5.10 Å². The molecular weight excluding hydrogens is 504 g/mol. The minimum absolute atomic E-state index is 0.0328. The van der Waals surface area contributed by atoms with E-state index in [0.29, 0.717) is 41.1 Å². The molecule has 10 heteroatoms. The number of nitrogens with one attached hydrogen (secondary N) is 2. The molecule has 2 aromatic carbocycles. The van der Waals surface area contributed by atoms with Crippen LogP contribution in [0.25, 0.3) is 0 Å². The number of nitro groups is 1. The molecule has 34 heavy (non-hydrogen) atoms. The molecular formula is C24H21BrN4O5. The molecule has 0 spiro atoms. The van der Waals surface area contributed by atoms with Gasteiger partial charge in [0.1, 0.15) is 5.76 Å². The number of aryl methyl sites for hydroxylation is 1. The lowest BCUT2D eigenvalue weighted by molar-refractivity contribution is -0.384. The highest BCUT2D eigenvalue weighted by Gasteiger charge is 2.28. The summed E-state index contributed by atoms with van der Waals surface area (Å²) in [7, 11) is 0. The van der Waals surface area contributed by atoms with E-state index in [2.05, 4.69) is 31.8 Å². The Labute approximate surface area is 203 Å². The number of furan rings is 1. The summed E-state index contributed by atoms with van der Waals surface area (Å²) in [6.45, 7) is 1.80. The molecule has 3 aromatic rings. The lowest BCUT2D eigenvalue weighted by atomic mass is 9.93. The van der Waals surface area contributed by atoms with Crippen LogP contribution in [0.4, 0.5) is 11.4 Å². The summed E-state index contributed by atoms with van der Waals surface area (Å²) in [5, 5.41) is 17.9. The summed E-state index contributed by atoms with van der Waals surface area (Å²) in [6.07, 6.45) is 2.13. The van der Waals surface area contributed by atoms with E-state index in [1.54, 1.807) is 31.2 Å². The zero-order valence-corrected chi connectivity index (χ0v) is 19.8. The van der Waals surface area contributed by atoms with Crippen LogP contribution in [-0.4, -0.2) is 22.4 Å². The maximum atomic E-state index is 12.8. The number of hydrazone groups is 1. The van der Waals surface area contributed by atoms with E-state index < -0.39 is 4.92 Å². The van der Waals surface area contributed by atoms with E-state index in [-0.39, 0.29) is 29.7 Å². The van der Waals surface area contributed by atoms with Gasteiger partial charge in [-0.15, -0.1) is 0 Å². The fourth-order valence-corrected chi connectivity index (χ4v) is 4.07. The van der Waals surface area contributed by atoms with E-state index in [9.17, 15) is 19.7 Å². The maximum absolute atomic E-state index is 12.8. The molecule has 1 aliphatic carbocycles. The second-order valence-electron chi connectivity index (χ2n) is 7.86. The van der Waals surface area contributed by atoms with E-state index in [4.69, 9.17) is 4.42 Å². The summed E-state index contributed by atoms with van der Waals surface area (Å²) in [5.41, 5.74) is 5.89. The van der Waals surface area contributed by atoms with Crippen molar-refractivity contribution in [1.29, 1.82) is 0 Å². The fraction of sp³-hybridized carbons (Fsp3) is 0.208. The van der Waals surface area contributed by atoms with Gasteiger partial charge in [0.2, 0.25) is 5.91 Å². The zero-order chi connectivity index (χ0) is 24.2. The van der Waals surface area contributed by atoms with Crippen molar-refractivity contribution in [2.75, 3.05) is 5.32 Å². The van der Waals surface area contributed by atoms with E-state index in [1.165, 1.54) is 12.1 Å². The van der Waals surface area contributed by atoms with Crippen LogP contribution < -0.4 is 10.7 Å². The highest BCUT2D eigenvalue weighted by molar-refractivity contribution is 9.10. The van der Waals surface area contributed by atoms with Gasteiger partial charge in [0.15, 0.2) is 5.76 Å². The average molecular weight is 525 g/mol. The van der Waals surface area contributed by atoms with Crippen molar-refractivity contribution in [3.63, 3.8) is 0 Å². The van der Waals surface area contributed by atoms with Gasteiger partial charge in [-0.05, 0) is 49.6 Å². The largest absolute Gasteiger partial charge is 0.455 e. The molecule has 1 aromatic heterocycles. The van der Waals surface area contributed by atoms with Gasteiger partial charge < -0.3 is 9.73 Å². The first kappa shape index (κ1) is 23.4. The first-order valence-electron chi connectivity index (χ1n) is 10.6. The Morgan fingerprint density at radius 2 is 1.82 bits per heavy atom. The van der Waals surface area contributed by atoms with Gasteiger partial charge in [-0.25, -0.2) is 5.43 Å². The van der Waals surface area contributed by atoms with Crippen molar-refractivity contribution in [1.82, 2.24) is 5.43 Å². The third-order valence-corrected chi connectivity index (χ3v) is 5.99. The van der Waals surface area contributed by atoms with Crippen LogP contribution in [0.5, 0.6) is 0 Å².